The molecular weight excluding hydrogens is 1940 g/mol. The van der Waals surface area contributed by atoms with Crippen LogP contribution in [0.15, 0.2) is 92.7 Å². The normalized spacial score (nSPS) is 12.2. The van der Waals surface area contributed by atoms with Gasteiger partial charge in [0.1, 0.15) is 16.9 Å². The smallest absolute Gasteiger partial charge is 0.426 e. The first-order valence-corrected chi connectivity index (χ1v) is 29.8. The third kappa shape index (κ3) is 31.9. The van der Waals surface area contributed by atoms with Crippen LogP contribution < -0.4 is 17.2 Å². The number of benzene rings is 3. The zero-order chi connectivity index (χ0) is 51.6. The second kappa shape index (κ2) is 41.3. The molecule has 2 radical (unpaired) electrons. The number of anilines is 3. The maximum atomic E-state index is 10.5. The fraction of sp³-hybridized carbons (Fsp3) is 0.262. The van der Waals surface area contributed by atoms with Gasteiger partial charge in [0.05, 0.1) is 30.0 Å². The van der Waals surface area contributed by atoms with E-state index in [0.717, 1.165) is 56.0 Å². The minimum Gasteiger partial charge on any atom is -0.453 e. The predicted octanol–water partition coefficient (Wildman–Crippen LogP) is 16.3. The van der Waals surface area contributed by atoms with Gasteiger partial charge in [-0.1, -0.05) is 148 Å². The first-order valence-electron chi connectivity index (χ1n) is 19.9. The van der Waals surface area contributed by atoms with Crippen LogP contribution in [0.1, 0.15) is 47.5 Å². The van der Waals surface area contributed by atoms with E-state index in [-0.39, 0.29) is 70.3 Å². The molecule has 0 aliphatic carbocycles. The number of pyridine rings is 3. The number of halogens is 10. The van der Waals surface area contributed by atoms with Crippen molar-refractivity contribution < 1.29 is 60.4 Å². The van der Waals surface area contributed by atoms with Gasteiger partial charge in [-0.05, 0) is 120 Å². The summed E-state index contributed by atoms with van der Waals surface area (Å²) in [5.41, 5.74) is 17.0. The van der Waals surface area contributed by atoms with E-state index < -0.39 is 0 Å². The fourth-order valence-electron chi connectivity index (χ4n) is 4.91. The molecule has 2 saturated heterocycles. The maximum Gasteiger partial charge on any atom is 0.426 e. The molecule has 0 spiro atoms. The van der Waals surface area contributed by atoms with Crippen LogP contribution >= 0.6 is 206 Å². The second-order valence-electron chi connectivity index (χ2n) is 12.7. The summed E-state index contributed by atoms with van der Waals surface area (Å²) in [5.74, 6) is 1.59. The van der Waals surface area contributed by atoms with Gasteiger partial charge in [-0.25, -0.2) is 18.1 Å². The molecule has 6 N–H and O–H groups in total. The van der Waals surface area contributed by atoms with Gasteiger partial charge in [-0.2, -0.15) is 13.8 Å². The quantitative estimate of drug-likeness (QED) is 0.0329. The number of alkyl halides is 3. The molecule has 2 amide bonds. The number of imide groups is 1. The molecule has 0 bridgehead atoms. The second-order valence-corrected chi connectivity index (χ2v) is 32.4. The minimum atomic E-state index is -0.135. The Labute approximate surface area is 554 Å². The van der Waals surface area contributed by atoms with Crippen molar-refractivity contribution in [2.75, 3.05) is 17.2 Å². The van der Waals surface area contributed by atoms with Crippen molar-refractivity contribution >= 4 is 289 Å². The molecule has 0 saturated carbocycles. The molecule has 8 rings (SSSR count). The van der Waals surface area contributed by atoms with Crippen molar-refractivity contribution in [3.8, 4) is 0 Å². The molecular formula is C42H50B3Br3I7N7O5V2-2. The number of nitrogens with two attached hydrogens (primary N) is 3. The average Bonchev–Trinajstić information content (AvgIpc) is 3.56. The SMILES string of the molecule is CB1OB(C)OB(C)O1.CC.CC(I)(I)I.C[CH-]I.Nc1cc2cc(Br)ccc2cn1.Nc1ncc2ccc(Br)cc2c1I.Nc1ncc2ccc(Br)cc2c1I.O=C1CCC(=O)N1I.[CH2-]C.[V].[V]. The van der Waals surface area contributed by atoms with Crippen LogP contribution in [0.4, 0.5) is 17.5 Å². The first-order chi connectivity index (χ1) is 31.4. The van der Waals surface area contributed by atoms with Crippen LogP contribution in [-0.4, -0.2) is 50.7 Å². The molecule has 2 aliphatic rings. The van der Waals surface area contributed by atoms with Gasteiger partial charge in [0, 0.05) is 109 Å². The van der Waals surface area contributed by atoms with E-state index in [9.17, 15) is 9.59 Å². The van der Waals surface area contributed by atoms with Crippen LogP contribution in [0.5, 0.6) is 0 Å². The summed E-state index contributed by atoms with van der Waals surface area (Å²) in [6.07, 6.45) is 6.14. The first kappa shape index (κ1) is 75.5. The van der Waals surface area contributed by atoms with Crippen molar-refractivity contribution in [1.82, 2.24) is 18.1 Å². The summed E-state index contributed by atoms with van der Waals surface area (Å²) in [6.45, 7) is 18.7. The van der Waals surface area contributed by atoms with Gasteiger partial charge in [-0.3, -0.25) is 14.0 Å². The number of hydrogen-bond acceptors (Lipinski definition) is 11. The number of fused-ring (bicyclic) bond motifs is 3. The van der Waals surface area contributed by atoms with Crippen molar-refractivity contribution in [2.45, 2.75) is 67.4 Å². The van der Waals surface area contributed by atoms with Crippen molar-refractivity contribution in [3.05, 3.63) is 111 Å². The third-order valence-corrected chi connectivity index (χ3v) is 12.3. The molecule has 2 fully saturated rings. The van der Waals surface area contributed by atoms with Crippen LogP contribution in [0, 0.1) is 18.5 Å². The number of amides is 2. The fourth-order valence-corrected chi connectivity index (χ4v) is 7.71. The van der Waals surface area contributed by atoms with E-state index in [1.54, 1.807) is 48.4 Å². The molecule has 69 heavy (non-hydrogen) atoms. The largest absolute Gasteiger partial charge is 0.453 e. The number of nitrogens with zero attached hydrogens (tertiary/aromatic N) is 4. The molecule has 374 valence electrons. The maximum absolute atomic E-state index is 10.5. The van der Waals surface area contributed by atoms with Crippen molar-refractivity contribution in [1.29, 1.82) is 0 Å². The Balaban J connectivity index is -0.000000747. The molecule has 2 aliphatic heterocycles. The minimum absolute atomic E-state index is 0. The Morgan fingerprint density at radius 3 is 1.28 bits per heavy atom. The summed E-state index contributed by atoms with van der Waals surface area (Å²) >= 11 is 25.6. The van der Waals surface area contributed by atoms with E-state index in [4.69, 9.17) is 30.9 Å². The molecule has 5 heterocycles. The third-order valence-electron chi connectivity index (χ3n) is 7.48. The monoisotopic (exact) mass is 1990 g/mol. The number of hydrogen-bond donors (Lipinski definition) is 3. The molecule has 0 atom stereocenters. The Bertz CT molecular complexity index is 2290. The van der Waals surface area contributed by atoms with Gasteiger partial charge < -0.3 is 60.4 Å². The summed E-state index contributed by atoms with van der Waals surface area (Å²) in [4.78, 5) is 33.1. The molecule has 6 aromatic rings. The summed E-state index contributed by atoms with van der Waals surface area (Å²) in [7, 11) is -0.406. The molecule has 12 nitrogen and oxygen atoms in total. The van der Waals surface area contributed by atoms with Gasteiger partial charge in [0.15, 0.2) is 0 Å². The number of carbonyl (C=O) groups is 2. The number of carbonyl (C=O) groups excluding carboxylic acids is 2. The Hall–Kier alpha value is 2.22. The number of rotatable bonds is 0. The van der Waals surface area contributed by atoms with E-state index in [2.05, 4.69) is 224 Å². The summed E-state index contributed by atoms with van der Waals surface area (Å²) in [6, 6.07) is 20.0. The van der Waals surface area contributed by atoms with Crippen molar-refractivity contribution in [3.63, 3.8) is 0 Å². The Morgan fingerprint density at radius 2 is 0.957 bits per heavy atom. The van der Waals surface area contributed by atoms with Gasteiger partial charge in [0.2, 0.25) is 11.8 Å². The van der Waals surface area contributed by atoms with E-state index in [1.165, 1.54) is 0 Å². The van der Waals surface area contributed by atoms with E-state index in [0.29, 0.717) is 29.7 Å². The topological polar surface area (TPSA) is 182 Å². The zero-order valence-electron chi connectivity index (χ0n) is 38.7. The summed E-state index contributed by atoms with van der Waals surface area (Å²) in [5, 5.41) is 6.72. The summed E-state index contributed by atoms with van der Waals surface area (Å²) < 4.78 is 24.0. The van der Waals surface area contributed by atoms with Crippen LogP contribution in [-0.2, 0) is 60.4 Å². The Morgan fingerprint density at radius 1 is 0.652 bits per heavy atom. The standard InChI is InChI=1S/2C9H6BrIN2.C9H7BrN2.C4H4INO2.C3H9B3O3.C2H3I3.C2H4I.C2H6.C2H5.2V/c2*10-6-2-1-5-4-13-9(12)8(11)7(5)3-6;10-8-2-1-6-5-12-9(11)4-7(6)3-8;5-6-3(7)1-2-4(6)8;1-4-7-5(2)9-6(3)8-4;1-2(3,4)5;1-2-3;2*1-2;;/h2*1-4H,(H2,12,13);1-5H,(H2,11,12);1-2H2;1-3H3;1H3;2H,1H3;1-2H3;1H2,2H3;;/q;;;;;;-1;;-1;;. The van der Waals surface area contributed by atoms with Crippen molar-refractivity contribution in [2.24, 2.45) is 0 Å². The average molecular weight is 2000 g/mol. The molecule has 27 heteroatoms. The predicted molar refractivity (Wildman–Crippen MR) is 357 cm³/mol. The van der Waals surface area contributed by atoms with Gasteiger partial charge in [0.25, 0.3) is 0 Å². The number of aromatic nitrogens is 3. The van der Waals surface area contributed by atoms with Crippen LogP contribution in [0.2, 0.25) is 20.5 Å². The number of nitrogen functional groups attached to an aromatic ring is 3. The Kier molecular flexibility index (Phi) is 45.2. The molecule has 3 aromatic carbocycles. The zero-order valence-corrected chi connectivity index (χ0v) is 61.3. The van der Waals surface area contributed by atoms with Gasteiger partial charge >= 0.3 is 21.4 Å². The molecule has 0 unspecified atom stereocenters. The van der Waals surface area contributed by atoms with Crippen LogP contribution in [0.3, 0.4) is 0 Å². The van der Waals surface area contributed by atoms with E-state index >= 15 is 0 Å². The van der Waals surface area contributed by atoms with E-state index in [1.807, 2.05) is 94.2 Å². The van der Waals surface area contributed by atoms with Crippen LogP contribution in [0.25, 0.3) is 32.3 Å². The van der Waals surface area contributed by atoms with Gasteiger partial charge in [-0.15, -0.1) is 0 Å². The molecule has 3 aromatic heterocycles.